The van der Waals surface area contributed by atoms with Crippen LogP contribution < -0.4 is 10.6 Å². The van der Waals surface area contributed by atoms with Crippen LogP contribution in [0.4, 0.5) is 13.6 Å². The number of halogens is 2. The van der Waals surface area contributed by atoms with Crippen LogP contribution in [-0.2, 0) is 23.7 Å². The van der Waals surface area contributed by atoms with Gasteiger partial charge in [-0.05, 0) is 20.8 Å². The number of amides is 1. The molecule has 0 aliphatic rings. The zero-order valence-electron chi connectivity index (χ0n) is 16.2. The summed E-state index contributed by atoms with van der Waals surface area (Å²) in [7, 11) is 1.80. The first-order chi connectivity index (χ1) is 11.2. The Labute approximate surface area is 148 Å². The maximum absolute atomic E-state index is 13.9. The third kappa shape index (κ3) is 7.81. The molecule has 1 amide bonds. The molecule has 0 aliphatic heterocycles. The van der Waals surface area contributed by atoms with Gasteiger partial charge in [0.05, 0.1) is 18.8 Å². The fourth-order valence-electron chi connectivity index (χ4n) is 2.26. The molecule has 25 heavy (non-hydrogen) atoms. The Bertz CT molecular complexity index is 586. The van der Waals surface area contributed by atoms with Crippen molar-refractivity contribution in [2.75, 3.05) is 13.1 Å². The van der Waals surface area contributed by atoms with Crippen molar-refractivity contribution in [2.45, 2.75) is 65.0 Å². The van der Waals surface area contributed by atoms with Crippen LogP contribution in [0, 0.1) is 0 Å². The van der Waals surface area contributed by atoms with Gasteiger partial charge in [0.1, 0.15) is 5.60 Å². The maximum Gasteiger partial charge on any atom is 0.407 e. The lowest BCUT2D eigenvalue weighted by atomic mass is 9.89. The molecule has 144 valence electrons. The number of alkyl halides is 2. The van der Waals surface area contributed by atoms with E-state index in [-0.39, 0.29) is 12.0 Å². The number of hydrogen-bond acceptors (Lipinski definition) is 4. The highest BCUT2D eigenvalue weighted by Crippen LogP contribution is 2.24. The Hall–Kier alpha value is -1.70. The average Bonchev–Trinajstić information content (AvgIpc) is 2.76. The lowest BCUT2D eigenvalue weighted by molar-refractivity contribution is -0.00378. The fraction of sp³-hybridized carbons (Fsp3) is 0.765. The molecular formula is C17H30F2N4O2. The van der Waals surface area contributed by atoms with E-state index in [0.29, 0.717) is 0 Å². The van der Waals surface area contributed by atoms with E-state index in [9.17, 15) is 13.6 Å². The molecule has 1 aromatic rings. The summed E-state index contributed by atoms with van der Waals surface area (Å²) in [6, 6.07) is 0. The molecule has 1 rings (SSSR count). The Morgan fingerprint density at radius 1 is 1.20 bits per heavy atom. The molecule has 0 saturated carbocycles. The molecule has 6 nitrogen and oxygen atoms in total. The van der Waals surface area contributed by atoms with Gasteiger partial charge in [-0.25, -0.2) is 13.6 Å². The monoisotopic (exact) mass is 360 g/mol. The number of nitrogens with zero attached hydrogens (tertiary/aromatic N) is 2. The van der Waals surface area contributed by atoms with Gasteiger partial charge >= 0.3 is 6.09 Å². The number of alkyl carbamates (subject to hydrolysis) is 1. The van der Waals surface area contributed by atoms with E-state index in [1.807, 2.05) is 27.0 Å². The number of aryl methyl sites for hydroxylation is 1. The van der Waals surface area contributed by atoms with Gasteiger partial charge < -0.3 is 15.4 Å². The van der Waals surface area contributed by atoms with Crippen molar-refractivity contribution >= 4 is 6.09 Å². The SMILES string of the molecule is Cn1cc(CNCC(F)(F)CNC(=O)OC(C)(C)C)c(C(C)(C)C)n1. The van der Waals surface area contributed by atoms with Crippen LogP contribution >= 0.6 is 0 Å². The minimum Gasteiger partial charge on any atom is -0.444 e. The summed E-state index contributed by atoms with van der Waals surface area (Å²) in [6.45, 7) is 10.0. The Balaban J connectivity index is 2.51. The predicted octanol–water partition coefficient (Wildman–Crippen LogP) is 2.97. The van der Waals surface area contributed by atoms with E-state index in [1.54, 1.807) is 32.5 Å². The van der Waals surface area contributed by atoms with Crippen molar-refractivity contribution in [3.63, 3.8) is 0 Å². The van der Waals surface area contributed by atoms with Crippen LogP contribution in [0.3, 0.4) is 0 Å². The van der Waals surface area contributed by atoms with Crippen LogP contribution in [0.2, 0.25) is 0 Å². The molecule has 0 radical (unpaired) electrons. The molecule has 0 aliphatic carbocycles. The third-order valence-corrected chi connectivity index (χ3v) is 3.20. The lowest BCUT2D eigenvalue weighted by Crippen LogP contribution is -2.44. The van der Waals surface area contributed by atoms with Gasteiger partial charge in [0.15, 0.2) is 0 Å². The van der Waals surface area contributed by atoms with E-state index in [2.05, 4.69) is 15.7 Å². The van der Waals surface area contributed by atoms with Crippen molar-refractivity contribution in [1.29, 1.82) is 0 Å². The lowest BCUT2D eigenvalue weighted by Gasteiger charge is -2.22. The standard InChI is InChI=1S/C17H30F2N4O2/c1-15(2,3)13-12(9-23(7)22-13)8-20-10-17(18,19)11-21-14(24)25-16(4,5)6/h9,20H,8,10-11H2,1-7H3,(H,21,24). The van der Waals surface area contributed by atoms with E-state index in [4.69, 9.17) is 4.74 Å². The number of rotatable bonds is 6. The third-order valence-electron chi connectivity index (χ3n) is 3.20. The molecule has 0 aromatic carbocycles. The van der Waals surface area contributed by atoms with Crippen molar-refractivity contribution < 1.29 is 18.3 Å². The molecule has 0 atom stereocenters. The Morgan fingerprint density at radius 3 is 2.32 bits per heavy atom. The second-order valence-corrected chi connectivity index (χ2v) is 8.24. The van der Waals surface area contributed by atoms with E-state index >= 15 is 0 Å². The molecule has 0 saturated heterocycles. The molecule has 2 N–H and O–H groups in total. The van der Waals surface area contributed by atoms with Gasteiger partial charge in [-0.15, -0.1) is 0 Å². The largest absolute Gasteiger partial charge is 0.444 e. The highest BCUT2D eigenvalue weighted by molar-refractivity contribution is 5.67. The zero-order chi connectivity index (χ0) is 19.5. The topological polar surface area (TPSA) is 68.2 Å². The van der Waals surface area contributed by atoms with Crippen molar-refractivity contribution in [3.05, 3.63) is 17.5 Å². The fourth-order valence-corrected chi connectivity index (χ4v) is 2.26. The Kier molecular flexibility index (Phi) is 6.55. The summed E-state index contributed by atoms with van der Waals surface area (Å²) in [5.41, 5.74) is 0.865. The molecule has 8 heteroatoms. The Morgan fingerprint density at radius 2 is 1.80 bits per heavy atom. The van der Waals surface area contributed by atoms with Crippen LogP contribution in [0.25, 0.3) is 0 Å². The first-order valence-electron chi connectivity index (χ1n) is 8.28. The predicted molar refractivity (Wildman–Crippen MR) is 92.8 cm³/mol. The second-order valence-electron chi connectivity index (χ2n) is 8.24. The zero-order valence-corrected chi connectivity index (χ0v) is 16.2. The second kappa shape index (κ2) is 7.68. The molecule has 0 bridgehead atoms. The highest BCUT2D eigenvalue weighted by Gasteiger charge is 2.30. The number of nitrogens with one attached hydrogen (secondary N) is 2. The van der Waals surface area contributed by atoms with E-state index in [0.717, 1.165) is 11.3 Å². The maximum atomic E-state index is 13.9. The smallest absolute Gasteiger partial charge is 0.407 e. The average molecular weight is 360 g/mol. The number of ether oxygens (including phenoxy) is 1. The van der Waals surface area contributed by atoms with E-state index in [1.165, 1.54) is 0 Å². The van der Waals surface area contributed by atoms with Crippen molar-refractivity contribution in [2.24, 2.45) is 7.05 Å². The number of hydrogen-bond donors (Lipinski definition) is 2. The highest BCUT2D eigenvalue weighted by atomic mass is 19.3. The van der Waals surface area contributed by atoms with Crippen LogP contribution in [0.5, 0.6) is 0 Å². The summed E-state index contributed by atoms with van der Waals surface area (Å²) >= 11 is 0. The summed E-state index contributed by atoms with van der Waals surface area (Å²) in [6.07, 6.45) is 0.972. The summed E-state index contributed by atoms with van der Waals surface area (Å²) in [4.78, 5) is 11.5. The molecule has 1 heterocycles. The minimum absolute atomic E-state index is 0.168. The van der Waals surface area contributed by atoms with Gasteiger partial charge in [-0.2, -0.15) is 5.10 Å². The molecular weight excluding hydrogens is 330 g/mol. The van der Waals surface area contributed by atoms with E-state index < -0.39 is 30.7 Å². The molecule has 1 aromatic heterocycles. The van der Waals surface area contributed by atoms with Crippen LogP contribution in [-0.4, -0.2) is 40.5 Å². The molecule has 0 unspecified atom stereocenters. The van der Waals surface area contributed by atoms with Gasteiger partial charge in [0.25, 0.3) is 5.92 Å². The normalized spacial score (nSPS) is 13.0. The summed E-state index contributed by atoms with van der Waals surface area (Å²) in [5.74, 6) is -3.08. The number of aromatic nitrogens is 2. The summed E-state index contributed by atoms with van der Waals surface area (Å²) < 4.78 is 34.4. The van der Waals surface area contributed by atoms with Gasteiger partial charge in [0, 0.05) is 30.8 Å². The first-order valence-corrected chi connectivity index (χ1v) is 8.28. The van der Waals surface area contributed by atoms with Crippen molar-refractivity contribution in [1.82, 2.24) is 20.4 Å². The number of carbonyl (C=O) groups excluding carboxylic acids is 1. The van der Waals surface area contributed by atoms with Gasteiger partial charge in [-0.1, -0.05) is 20.8 Å². The van der Waals surface area contributed by atoms with Gasteiger partial charge in [-0.3, -0.25) is 4.68 Å². The molecule has 0 fully saturated rings. The summed E-state index contributed by atoms with van der Waals surface area (Å²) in [5, 5.41) is 9.25. The first kappa shape index (κ1) is 21.3. The minimum atomic E-state index is -3.08. The number of carbonyl (C=O) groups is 1. The van der Waals surface area contributed by atoms with Crippen molar-refractivity contribution in [3.8, 4) is 0 Å². The van der Waals surface area contributed by atoms with Crippen LogP contribution in [0.15, 0.2) is 6.20 Å². The van der Waals surface area contributed by atoms with Crippen LogP contribution in [0.1, 0.15) is 52.8 Å². The van der Waals surface area contributed by atoms with Gasteiger partial charge in [0.2, 0.25) is 0 Å². The molecule has 0 spiro atoms. The quantitative estimate of drug-likeness (QED) is 0.818.